The fourth-order valence-electron chi connectivity index (χ4n) is 0.914. The maximum absolute atomic E-state index is 10.9. The van der Waals surface area contributed by atoms with E-state index in [1.807, 2.05) is 0 Å². The molecule has 60 valence electrons. The first-order chi connectivity index (χ1) is 4.67. The Labute approximate surface area is 64.7 Å². The van der Waals surface area contributed by atoms with Crippen molar-refractivity contribution in [1.29, 1.82) is 0 Å². The van der Waals surface area contributed by atoms with Crippen LogP contribution in [-0.4, -0.2) is 29.8 Å². The second-order valence-electron chi connectivity index (χ2n) is 2.23. The van der Waals surface area contributed by atoms with Crippen molar-refractivity contribution in [1.82, 2.24) is 0 Å². The first-order valence-electron chi connectivity index (χ1n) is 3.11. The number of sulfone groups is 1. The van der Waals surface area contributed by atoms with Crippen molar-refractivity contribution in [3.05, 3.63) is 0 Å². The second kappa shape index (κ2) is 3.11. The van der Waals surface area contributed by atoms with Crippen LogP contribution >= 0.6 is 11.8 Å². The minimum atomic E-state index is -3.18. The summed E-state index contributed by atoms with van der Waals surface area (Å²) in [5, 5.41) is 8.45. The molecule has 0 aromatic rings. The average molecular weight is 182 g/mol. The molecule has 1 heterocycles. The van der Waals surface area contributed by atoms with E-state index in [4.69, 9.17) is 5.11 Å². The fraction of sp³-hybridized carbons (Fsp3) is 1.00. The Morgan fingerprint density at radius 2 is 2.30 bits per heavy atom. The zero-order valence-electron chi connectivity index (χ0n) is 5.49. The minimum Gasteiger partial charge on any atom is -0.380 e. The standard InChI is InChI=1S/C5H10O3S2/c6-4-10(7,8)5-2-1-3-9-5/h5-6H,1-4H2. The summed E-state index contributed by atoms with van der Waals surface area (Å²) in [4.78, 5) is 0. The number of hydrogen-bond acceptors (Lipinski definition) is 4. The van der Waals surface area contributed by atoms with Crippen LogP contribution in [0.25, 0.3) is 0 Å². The molecule has 1 N–H and O–H groups in total. The molecule has 1 atom stereocenters. The summed E-state index contributed by atoms with van der Waals surface area (Å²) in [6, 6.07) is 0. The summed E-state index contributed by atoms with van der Waals surface area (Å²) in [5.74, 6) is 0.203. The summed E-state index contributed by atoms with van der Waals surface area (Å²) in [6.45, 7) is 0. The SMILES string of the molecule is O=S(=O)(CO)C1CCCS1. The van der Waals surface area contributed by atoms with Gasteiger partial charge in [0.25, 0.3) is 0 Å². The van der Waals surface area contributed by atoms with Crippen LogP contribution in [0.1, 0.15) is 12.8 Å². The predicted molar refractivity (Wildman–Crippen MR) is 41.5 cm³/mol. The number of rotatable bonds is 2. The lowest BCUT2D eigenvalue weighted by Crippen LogP contribution is -2.17. The van der Waals surface area contributed by atoms with Gasteiger partial charge in [-0.2, -0.15) is 0 Å². The number of thioether (sulfide) groups is 1. The largest absolute Gasteiger partial charge is 0.380 e. The lowest BCUT2D eigenvalue weighted by Gasteiger charge is -2.05. The zero-order chi connectivity index (χ0) is 7.61. The van der Waals surface area contributed by atoms with Gasteiger partial charge < -0.3 is 5.11 Å². The van der Waals surface area contributed by atoms with Gasteiger partial charge in [0.2, 0.25) is 0 Å². The Morgan fingerprint density at radius 3 is 2.70 bits per heavy atom. The lowest BCUT2D eigenvalue weighted by atomic mass is 10.4. The van der Waals surface area contributed by atoms with E-state index < -0.39 is 15.8 Å². The molecule has 1 fully saturated rings. The Kier molecular flexibility index (Phi) is 2.60. The van der Waals surface area contributed by atoms with Crippen molar-refractivity contribution >= 4 is 21.6 Å². The molecule has 1 saturated heterocycles. The van der Waals surface area contributed by atoms with Crippen LogP contribution < -0.4 is 0 Å². The van der Waals surface area contributed by atoms with Gasteiger partial charge in [-0.15, -0.1) is 11.8 Å². The van der Waals surface area contributed by atoms with Gasteiger partial charge in [0.15, 0.2) is 9.84 Å². The number of hydrogen-bond donors (Lipinski definition) is 1. The second-order valence-corrected chi connectivity index (χ2v) is 6.00. The van der Waals surface area contributed by atoms with E-state index in [-0.39, 0.29) is 4.58 Å². The molecule has 3 nitrogen and oxygen atoms in total. The highest BCUT2D eigenvalue weighted by Crippen LogP contribution is 2.30. The van der Waals surface area contributed by atoms with Gasteiger partial charge in [-0.25, -0.2) is 8.42 Å². The smallest absolute Gasteiger partial charge is 0.186 e. The van der Waals surface area contributed by atoms with Crippen LogP contribution in [0.4, 0.5) is 0 Å². The molecule has 1 aliphatic heterocycles. The third-order valence-electron chi connectivity index (χ3n) is 1.47. The van der Waals surface area contributed by atoms with Crippen LogP contribution in [0.3, 0.4) is 0 Å². The van der Waals surface area contributed by atoms with Crippen molar-refractivity contribution in [2.75, 3.05) is 11.7 Å². The Hall–Kier alpha value is 0.260. The van der Waals surface area contributed by atoms with E-state index in [0.29, 0.717) is 6.42 Å². The van der Waals surface area contributed by atoms with Crippen LogP contribution in [0.2, 0.25) is 0 Å². The highest BCUT2D eigenvalue weighted by atomic mass is 32.3. The summed E-state index contributed by atoms with van der Waals surface area (Å²) < 4.78 is 21.5. The molecule has 0 aliphatic carbocycles. The quantitative estimate of drug-likeness (QED) is 0.663. The van der Waals surface area contributed by atoms with Gasteiger partial charge in [-0.1, -0.05) is 0 Å². The topological polar surface area (TPSA) is 54.4 Å². The molecule has 0 aromatic heterocycles. The molecule has 0 spiro atoms. The highest BCUT2D eigenvalue weighted by molar-refractivity contribution is 8.13. The third-order valence-corrected chi connectivity index (χ3v) is 5.28. The summed E-state index contributed by atoms with van der Waals surface area (Å²) in [5.41, 5.74) is 0. The van der Waals surface area contributed by atoms with E-state index in [1.54, 1.807) is 0 Å². The van der Waals surface area contributed by atoms with Crippen LogP contribution in [0.5, 0.6) is 0 Å². The Morgan fingerprint density at radius 1 is 1.60 bits per heavy atom. The average Bonchev–Trinajstić information content (AvgIpc) is 2.38. The zero-order valence-corrected chi connectivity index (χ0v) is 7.12. The predicted octanol–water partition coefficient (Wildman–Crippen LogP) is 0.204. The lowest BCUT2D eigenvalue weighted by molar-refractivity contribution is 0.358. The van der Waals surface area contributed by atoms with E-state index in [2.05, 4.69) is 0 Å². The van der Waals surface area contributed by atoms with Crippen molar-refractivity contribution in [2.45, 2.75) is 17.4 Å². The highest BCUT2D eigenvalue weighted by Gasteiger charge is 2.28. The molecule has 5 heteroatoms. The van der Waals surface area contributed by atoms with Gasteiger partial charge in [0.1, 0.15) is 10.5 Å². The minimum absolute atomic E-state index is 0.336. The Bertz CT molecular complexity index is 191. The maximum Gasteiger partial charge on any atom is 0.186 e. The van der Waals surface area contributed by atoms with Gasteiger partial charge >= 0.3 is 0 Å². The van der Waals surface area contributed by atoms with Crippen molar-refractivity contribution in [3.8, 4) is 0 Å². The van der Waals surface area contributed by atoms with Gasteiger partial charge in [0, 0.05) is 0 Å². The Balaban J connectivity index is 2.63. The van der Waals surface area contributed by atoms with Crippen LogP contribution in [-0.2, 0) is 9.84 Å². The third kappa shape index (κ3) is 1.65. The van der Waals surface area contributed by atoms with E-state index >= 15 is 0 Å². The molecule has 0 amide bonds. The number of aliphatic hydroxyl groups is 1. The van der Waals surface area contributed by atoms with E-state index in [9.17, 15) is 8.42 Å². The van der Waals surface area contributed by atoms with Gasteiger partial charge in [0.05, 0.1) is 0 Å². The van der Waals surface area contributed by atoms with E-state index in [1.165, 1.54) is 11.8 Å². The molecular formula is C5H10O3S2. The molecular weight excluding hydrogens is 172 g/mol. The monoisotopic (exact) mass is 182 g/mol. The number of aliphatic hydroxyl groups excluding tert-OH is 1. The summed E-state index contributed by atoms with van der Waals surface area (Å²) >= 11 is 1.43. The summed E-state index contributed by atoms with van der Waals surface area (Å²) in [7, 11) is -3.18. The fourth-order valence-corrected chi connectivity index (χ4v) is 3.84. The molecule has 10 heavy (non-hydrogen) atoms. The van der Waals surface area contributed by atoms with Crippen molar-refractivity contribution in [3.63, 3.8) is 0 Å². The molecule has 0 saturated carbocycles. The van der Waals surface area contributed by atoms with Crippen molar-refractivity contribution in [2.24, 2.45) is 0 Å². The van der Waals surface area contributed by atoms with Crippen LogP contribution in [0, 0.1) is 0 Å². The summed E-state index contributed by atoms with van der Waals surface area (Å²) in [6.07, 6.45) is 1.65. The van der Waals surface area contributed by atoms with Gasteiger partial charge in [-0.3, -0.25) is 0 Å². The molecule has 1 unspecified atom stereocenters. The van der Waals surface area contributed by atoms with E-state index in [0.717, 1.165) is 12.2 Å². The first kappa shape index (κ1) is 8.36. The molecule has 1 rings (SSSR count). The molecule has 0 bridgehead atoms. The van der Waals surface area contributed by atoms with Crippen LogP contribution in [0.15, 0.2) is 0 Å². The molecule has 1 aliphatic rings. The maximum atomic E-state index is 10.9. The van der Waals surface area contributed by atoms with Crippen molar-refractivity contribution < 1.29 is 13.5 Å². The van der Waals surface area contributed by atoms with Gasteiger partial charge in [-0.05, 0) is 18.6 Å². The molecule has 0 radical (unpaired) electrons. The molecule has 0 aromatic carbocycles. The first-order valence-corrected chi connectivity index (χ1v) is 5.87. The normalized spacial score (nSPS) is 27.1.